The number of carbonyl (C=O) groups is 1. The molecule has 2 aromatic rings. The Labute approximate surface area is 125 Å². The Morgan fingerprint density at radius 3 is 3.05 bits per heavy atom. The molecule has 0 spiro atoms. The summed E-state index contributed by atoms with van der Waals surface area (Å²) in [6, 6.07) is 1.79. The molecule has 3 heterocycles. The Hall–Kier alpha value is -1.73. The fraction of sp³-hybridized carbons (Fsp3) is 0.500. The largest absolute Gasteiger partial charge is 0.397 e. The lowest BCUT2D eigenvalue weighted by molar-refractivity contribution is 0.0758. The number of aromatic nitrogens is 2. The van der Waals surface area contributed by atoms with Gasteiger partial charge in [0.2, 0.25) is 0 Å². The van der Waals surface area contributed by atoms with E-state index in [-0.39, 0.29) is 17.9 Å². The number of hydrogen-bond acceptors (Lipinski definition) is 6. The molecular formula is C14H16N4O2S. The van der Waals surface area contributed by atoms with Crippen LogP contribution in [0, 0.1) is 11.8 Å². The first-order valence-electron chi connectivity index (χ1n) is 7.12. The van der Waals surface area contributed by atoms with Crippen LogP contribution in [-0.4, -0.2) is 45.3 Å². The number of nitrogens with two attached hydrogens (primary N) is 1. The van der Waals surface area contributed by atoms with Crippen LogP contribution in [0.2, 0.25) is 0 Å². The van der Waals surface area contributed by atoms with Crippen molar-refractivity contribution in [2.24, 2.45) is 11.8 Å². The lowest BCUT2D eigenvalue weighted by atomic mass is 10.00. The molecule has 0 bridgehead atoms. The first kappa shape index (κ1) is 13.0. The van der Waals surface area contributed by atoms with Gasteiger partial charge in [0.05, 0.1) is 18.0 Å². The number of thiophene rings is 1. The van der Waals surface area contributed by atoms with Crippen molar-refractivity contribution in [3.05, 3.63) is 17.1 Å². The Bertz CT molecular complexity index is 716. The number of hydrogen-bond donors (Lipinski definition) is 2. The van der Waals surface area contributed by atoms with Crippen LogP contribution in [0.25, 0.3) is 10.2 Å². The second-order valence-corrected chi connectivity index (χ2v) is 6.87. The van der Waals surface area contributed by atoms with Gasteiger partial charge in [-0.2, -0.15) is 5.10 Å². The van der Waals surface area contributed by atoms with Gasteiger partial charge in [-0.15, -0.1) is 16.4 Å². The first-order valence-corrected chi connectivity index (χ1v) is 7.94. The highest BCUT2D eigenvalue weighted by molar-refractivity contribution is 7.21. The molecular weight excluding hydrogens is 288 g/mol. The summed E-state index contributed by atoms with van der Waals surface area (Å²) in [5.74, 6) is 0.612. The fourth-order valence-electron chi connectivity index (χ4n) is 3.58. The van der Waals surface area contributed by atoms with E-state index < -0.39 is 0 Å². The molecule has 1 saturated heterocycles. The van der Waals surface area contributed by atoms with Crippen molar-refractivity contribution >= 4 is 33.1 Å². The topological polar surface area (TPSA) is 92.3 Å². The average molecular weight is 304 g/mol. The molecule has 110 valence electrons. The van der Waals surface area contributed by atoms with Gasteiger partial charge in [0.1, 0.15) is 9.71 Å². The summed E-state index contributed by atoms with van der Waals surface area (Å²) >= 11 is 1.30. The average Bonchev–Trinajstić information content (AvgIpc) is 3.15. The highest BCUT2D eigenvalue weighted by Gasteiger charge is 2.43. The first-order chi connectivity index (χ1) is 10.1. The number of rotatable bonds is 1. The Balaban J connectivity index is 1.64. The van der Waals surface area contributed by atoms with Gasteiger partial charge in [0.15, 0.2) is 0 Å². The van der Waals surface area contributed by atoms with Crippen LogP contribution < -0.4 is 5.73 Å². The number of carbonyl (C=O) groups excluding carboxylic acids is 1. The molecule has 4 rings (SSSR count). The smallest absolute Gasteiger partial charge is 0.266 e. The second-order valence-electron chi connectivity index (χ2n) is 5.87. The molecule has 1 aliphatic carbocycles. The van der Waals surface area contributed by atoms with Gasteiger partial charge in [0, 0.05) is 24.4 Å². The second kappa shape index (κ2) is 4.64. The third-order valence-corrected chi connectivity index (χ3v) is 5.81. The van der Waals surface area contributed by atoms with Gasteiger partial charge in [-0.05, 0) is 24.8 Å². The van der Waals surface area contributed by atoms with E-state index in [1.165, 1.54) is 11.3 Å². The molecule has 21 heavy (non-hydrogen) atoms. The third kappa shape index (κ3) is 1.91. The molecule has 2 aliphatic rings. The Kier molecular flexibility index (Phi) is 2.87. The molecule has 1 saturated carbocycles. The van der Waals surface area contributed by atoms with Crippen LogP contribution in [-0.2, 0) is 0 Å². The minimum Gasteiger partial charge on any atom is -0.397 e. The zero-order chi connectivity index (χ0) is 14.6. The summed E-state index contributed by atoms with van der Waals surface area (Å²) in [4.78, 5) is 15.8. The van der Waals surface area contributed by atoms with Gasteiger partial charge in [0.25, 0.3) is 5.91 Å². The molecule has 1 amide bonds. The summed E-state index contributed by atoms with van der Waals surface area (Å²) < 4.78 is 0. The number of anilines is 1. The molecule has 3 atom stereocenters. The van der Waals surface area contributed by atoms with Crippen LogP contribution >= 0.6 is 11.3 Å². The molecule has 0 aromatic carbocycles. The van der Waals surface area contributed by atoms with Crippen LogP contribution in [0.15, 0.2) is 12.3 Å². The number of amides is 1. The summed E-state index contributed by atoms with van der Waals surface area (Å²) in [5, 5.41) is 18.6. The predicted molar refractivity (Wildman–Crippen MR) is 80.0 cm³/mol. The van der Waals surface area contributed by atoms with E-state index >= 15 is 0 Å². The van der Waals surface area contributed by atoms with Crippen molar-refractivity contribution in [2.45, 2.75) is 18.9 Å². The van der Waals surface area contributed by atoms with Gasteiger partial charge < -0.3 is 15.7 Å². The van der Waals surface area contributed by atoms with Gasteiger partial charge in [-0.3, -0.25) is 4.79 Å². The zero-order valence-electron chi connectivity index (χ0n) is 11.4. The molecule has 7 heteroatoms. The monoisotopic (exact) mass is 304 g/mol. The van der Waals surface area contributed by atoms with Gasteiger partial charge in [-0.1, -0.05) is 0 Å². The van der Waals surface area contributed by atoms with Gasteiger partial charge in [-0.25, -0.2) is 0 Å². The number of aliphatic hydroxyl groups is 1. The molecule has 1 aliphatic heterocycles. The number of likely N-dealkylation sites (tertiary alicyclic amines) is 1. The lowest BCUT2D eigenvalue weighted by Gasteiger charge is -2.17. The number of nitrogen functional groups attached to an aromatic ring is 1. The summed E-state index contributed by atoms with van der Waals surface area (Å²) in [6.07, 6.45) is 3.18. The molecule has 0 radical (unpaired) electrons. The number of fused-ring (bicyclic) bond motifs is 2. The SMILES string of the molecule is Nc1c(C(=O)N2CC3CCC(O)C3C2)sc2nnccc12. The molecule has 2 aromatic heterocycles. The lowest BCUT2D eigenvalue weighted by Crippen LogP contribution is -2.30. The van der Waals surface area contributed by atoms with E-state index in [2.05, 4.69) is 10.2 Å². The van der Waals surface area contributed by atoms with Crippen molar-refractivity contribution in [1.82, 2.24) is 15.1 Å². The van der Waals surface area contributed by atoms with Crippen LogP contribution in [0.3, 0.4) is 0 Å². The van der Waals surface area contributed by atoms with E-state index in [1.807, 2.05) is 4.90 Å². The minimum atomic E-state index is -0.265. The van der Waals surface area contributed by atoms with Crippen LogP contribution in [0.5, 0.6) is 0 Å². The Morgan fingerprint density at radius 1 is 1.43 bits per heavy atom. The maximum atomic E-state index is 12.7. The Morgan fingerprint density at radius 2 is 2.29 bits per heavy atom. The van der Waals surface area contributed by atoms with E-state index in [1.54, 1.807) is 12.3 Å². The van der Waals surface area contributed by atoms with Crippen molar-refractivity contribution < 1.29 is 9.90 Å². The standard InChI is InChI=1S/C14H16N4O2S/c15-11-8-3-4-16-17-13(8)21-12(11)14(20)18-5-7-1-2-10(19)9(7)6-18/h3-4,7,9-10,19H,1-2,5-6,15H2. The number of aliphatic hydroxyl groups excluding tert-OH is 1. The number of nitrogens with zero attached hydrogens (tertiary/aromatic N) is 3. The summed E-state index contributed by atoms with van der Waals surface area (Å²) in [5.41, 5.74) is 6.59. The van der Waals surface area contributed by atoms with E-state index in [4.69, 9.17) is 5.73 Å². The molecule has 2 fully saturated rings. The maximum absolute atomic E-state index is 12.7. The zero-order valence-corrected chi connectivity index (χ0v) is 12.2. The maximum Gasteiger partial charge on any atom is 0.266 e. The normalized spacial score (nSPS) is 28.2. The highest BCUT2D eigenvalue weighted by atomic mass is 32.1. The van der Waals surface area contributed by atoms with Crippen molar-refractivity contribution in [3.63, 3.8) is 0 Å². The molecule has 6 nitrogen and oxygen atoms in total. The molecule has 3 unspecified atom stereocenters. The van der Waals surface area contributed by atoms with E-state index in [0.717, 1.165) is 24.8 Å². The summed E-state index contributed by atoms with van der Waals surface area (Å²) in [6.45, 7) is 1.35. The van der Waals surface area contributed by atoms with Crippen molar-refractivity contribution in [3.8, 4) is 0 Å². The fourth-order valence-corrected chi connectivity index (χ4v) is 4.58. The van der Waals surface area contributed by atoms with Crippen LogP contribution in [0.1, 0.15) is 22.5 Å². The molecule has 3 N–H and O–H groups in total. The van der Waals surface area contributed by atoms with Gasteiger partial charge >= 0.3 is 0 Å². The van der Waals surface area contributed by atoms with Crippen LogP contribution in [0.4, 0.5) is 5.69 Å². The van der Waals surface area contributed by atoms with Crippen molar-refractivity contribution in [2.75, 3.05) is 18.8 Å². The van der Waals surface area contributed by atoms with E-state index in [9.17, 15) is 9.90 Å². The van der Waals surface area contributed by atoms with E-state index in [0.29, 0.717) is 27.9 Å². The quantitative estimate of drug-likeness (QED) is 0.823. The third-order valence-electron chi connectivity index (χ3n) is 4.72. The predicted octanol–water partition coefficient (Wildman–Crippen LogP) is 1.12. The highest BCUT2D eigenvalue weighted by Crippen LogP contribution is 2.40. The minimum absolute atomic E-state index is 0.0444. The van der Waals surface area contributed by atoms with Crippen molar-refractivity contribution in [1.29, 1.82) is 0 Å². The summed E-state index contributed by atoms with van der Waals surface area (Å²) in [7, 11) is 0.